The molecule has 3 rings (SSSR count). The van der Waals surface area contributed by atoms with E-state index in [0.29, 0.717) is 28.8 Å². The number of carbonyl (C=O) groups excluding carboxylic acids is 1. The molecule has 1 atom stereocenters. The number of aryl methyl sites for hydroxylation is 1. The largest absolute Gasteiger partial charge is 0.478 e. The summed E-state index contributed by atoms with van der Waals surface area (Å²) in [5, 5.41) is 11.2. The van der Waals surface area contributed by atoms with E-state index in [1.807, 2.05) is 0 Å². The van der Waals surface area contributed by atoms with E-state index in [1.54, 1.807) is 12.2 Å². The second-order valence-electron chi connectivity index (χ2n) is 7.05. The number of alkyl halides is 6. The second kappa shape index (κ2) is 8.64. The number of aromatic carboxylic acids is 1. The van der Waals surface area contributed by atoms with Gasteiger partial charge in [-0.2, -0.15) is 26.3 Å². The van der Waals surface area contributed by atoms with Gasteiger partial charge in [-0.3, -0.25) is 4.79 Å². The molecule has 0 aliphatic rings. The van der Waals surface area contributed by atoms with Gasteiger partial charge in [0.15, 0.2) is 6.04 Å². The van der Waals surface area contributed by atoms with E-state index < -0.39 is 41.4 Å². The lowest BCUT2D eigenvalue weighted by molar-refractivity contribution is -0.162. The number of rotatable bonds is 5. The molecule has 0 spiro atoms. The van der Waals surface area contributed by atoms with Gasteiger partial charge >= 0.3 is 18.3 Å². The minimum atomic E-state index is -5.06. The van der Waals surface area contributed by atoms with E-state index in [-0.39, 0.29) is 11.1 Å². The molecule has 1 unspecified atom stereocenters. The lowest BCUT2D eigenvalue weighted by atomic mass is 10.0. The average molecular weight is 471 g/mol. The number of furan rings is 1. The number of nitrogens with one attached hydrogen (secondary N) is 1. The van der Waals surface area contributed by atoms with E-state index in [0.717, 1.165) is 24.3 Å². The highest BCUT2D eigenvalue weighted by Crippen LogP contribution is 2.36. The Bertz CT molecular complexity index is 1240. The van der Waals surface area contributed by atoms with Gasteiger partial charge < -0.3 is 14.8 Å². The molecular formula is C22H15F6NO4. The SMILES string of the molecule is Cc1cc2c(C=CC(=O)NC(c3cccc(C(F)(F)F)c3)C(F)(F)F)ccc(C(=O)O)c2o1. The quantitative estimate of drug-likeness (QED) is 0.359. The predicted octanol–water partition coefficient (Wildman–Crippen LogP) is 5.89. The Morgan fingerprint density at radius 1 is 1.06 bits per heavy atom. The number of carboxylic acid groups (broad SMARTS) is 1. The van der Waals surface area contributed by atoms with Crippen LogP contribution >= 0.6 is 0 Å². The first-order chi connectivity index (χ1) is 15.3. The Labute approximate surface area is 182 Å². The number of hydrogen-bond donors (Lipinski definition) is 2. The van der Waals surface area contributed by atoms with Gasteiger partial charge in [0, 0.05) is 11.5 Å². The van der Waals surface area contributed by atoms with Crippen LogP contribution in [-0.2, 0) is 11.0 Å². The van der Waals surface area contributed by atoms with Crippen LogP contribution in [0.4, 0.5) is 26.3 Å². The van der Waals surface area contributed by atoms with Gasteiger partial charge in [-0.1, -0.05) is 18.2 Å². The van der Waals surface area contributed by atoms with Gasteiger partial charge in [-0.15, -0.1) is 0 Å². The van der Waals surface area contributed by atoms with E-state index in [9.17, 15) is 41.0 Å². The van der Waals surface area contributed by atoms with Gasteiger partial charge in [0.1, 0.15) is 16.9 Å². The zero-order valence-corrected chi connectivity index (χ0v) is 16.7. The molecule has 2 aromatic carbocycles. The molecule has 0 saturated carbocycles. The van der Waals surface area contributed by atoms with Crippen molar-refractivity contribution in [3.8, 4) is 0 Å². The van der Waals surface area contributed by atoms with Crippen molar-refractivity contribution in [1.29, 1.82) is 0 Å². The van der Waals surface area contributed by atoms with Crippen LogP contribution in [0, 0.1) is 6.92 Å². The normalized spacial score (nSPS) is 13.4. The minimum Gasteiger partial charge on any atom is -0.478 e. The molecule has 0 fully saturated rings. The lowest BCUT2D eigenvalue weighted by Crippen LogP contribution is -2.37. The van der Waals surface area contributed by atoms with E-state index >= 15 is 0 Å². The topological polar surface area (TPSA) is 79.5 Å². The molecule has 2 N–H and O–H groups in total. The Morgan fingerprint density at radius 2 is 1.76 bits per heavy atom. The summed E-state index contributed by atoms with van der Waals surface area (Å²) in [5.74, 6) is -2.10. The first-order valence-electron chi connectivity index (χ1n) is 9.26. The number of halogens is 6. The van der Waals surface area contributed by atoms with Gasteiger partial charge in [0.25, 0.3) is 0 Å². The maximum atomic E-state index is 13.5. The number of amides is 1. The highest BCUT2D eigenvalue weighted by Gasteiger charge is 2.42. The fourth-order valence-corrected chi connectivity index (χ4v) is 3.19. The molecule has 0 aliphatic heterocycles. The Kier molecular flexibility index (Phi) is 6.26. The van der Waals surface area contributed by atoms with Crippen LogP contribution in [0.25, 0.3) is 17.0 Å². The molecule has 33 heavy (non-hydrogen) atoms. The van der Waals surface area contributed by atoms with E-state index in [1.165, 1.54) is 18.2 Å². The third-order valence-electron chi connectivity index (χ3n) is 4.65. The molecule has 5 nitrogen and oxygen atoms in total. The van der Waals surface area contributed by atoms with Crippen LogP contribution in [0.5, 0.6) is 0 Å². The third kappa shape index (κ3) is 5.36. The molecule has 0 aliphatic carbocycles. The average Bonchev–Trinajstić information content (AvgIpc) is 3.10. The van der Waals surface area contributed by atoms with E-state index in [4.69, 9.17) is 4.42 Å². The fraction of sp³-hybridized carbons (Fsp3) is 0.182. The summed E-state index contributed by atoms with van der Waals surface area (Å²) in [6.07, 6.45) is -8.00. The fourth-order valence-electron chi connectivity index (χ4n) is 3.19. The number of hydrogen-bond acceptors (Lipinski definition) is 3. The maximum Gasteiger partial charge on any atom is 0.416 e. The lowest BCUT2D eigenvalue weighted by Gasteiger charge is -2.22. The summed E-state index contributed by atoms with van der Waals surface area (Å²) in [6, 6.07) is 3.98. The molecule has 1 heterocycles. The molecule has 174 valence electrons. The highest BCUT2D eigenvalue weighted by molar-refractivity contribution is 6.04. The Morgan fingerprint density at radius 3 is 2.36 bits per heavy atom. The van der Waals surface area contributed by atoms with Crippen LogP contribution in [0.2, 0.25) is 0 Å². The molecule has 1 amide bonds. The minimum absolute atomic E-state index is 0.0275. The standard InChI is InChI=1S/C22H15F6NO4/c1-11-9-16-12(5-7-15(20(31)32)18(16)33-11)6-8-17(30)29-19(22(26,27)28)13-3-2-4-14(10-13)21(23,24)25/h2-10,19H,1H3,(H,29,30)(H,31,32). The summed E-state index contributed by atoms with van der Waals surface area (Å²) in [6.45, 7) is 1.56. The first kappa shape index (κ1) is 23.9. The van der Waals surface area contributed by atoms with Crippen molar-refractivity contribution in [3.05, 3.63) is 76.6 Å². The maximum absolute atomic E-state index is 13.5. The molecule has 1 aromatic heterocycles. The number of benzene rings is 2. The Balaban J connectivity index is 1.89. The van der Waals surface area contributed by atoms with Gasteiger partial charge in [0.2, 0.25) is 5.91 Å². The molecule has 0 saturated heterocycles. The third-order valence-corrected chi connectivity index (χ3v) is 4.65. The predicted molar refractivity (Wildman–Crippen MR) is 105 cm³/mol. The first-order valence-corrected chi connectivity index (χ1v) is 9.26. The highest BCUT2D eigenvalue weighted by atomic mass is 19.4. The summed E-state index contributed by atoms with van der Waals surface area (Å²) in [5.41, 5.74) is -1.88. The molecule has 3 aromatic rings. The zero-order valence-electron chi connectivity index (χ0n) is 16.7. The summed E-state index contributed by atoms with van der Waals surface area (Å²) >= 11 is 0. The van der Waals surface area contributed by atoms with Crippen LogP contribution in [0.3, 0.4) is 0 Å². The van der Waals surface area contributed by atoms with Gasteiger partial charge in [0.05, 0.1) is 5.56 Å². The van der Waals surface area contributed by atoms with Crippen LogP contribution in [-0.4, -0.2) is 23.2 Å². The van der Waals surface area contributed by atoms with Crippen molar-refractivity contribution in [2.45, 2.75) is 25.3 Å². The van der Waals surface area contributed by atoms with Crippen LogP contribution in [0.1, 0.15) is 38.9 Å². The monoisotopic (exact) mass is 471 g/mol. The van der Waals surface area contributed by atoms with Gasteiger partial charge in [-0.25, -0.2) is 4.79 Å². The van der Waals surface area contributed by atoms with Crippen LogP contribution < -0.4 is 5.32 Å². The second-order valence-corrected chi connectivity index (χ2v) is 7.05. The summed E-state index contributed by atoms with van der Waals surface area (Å²) < 4.78 is 84.5. The van der Waals surface area contributed by atoms with Crippen molar-refractivity contribution in [1.82, 2.24) is 5.32 Å². The number of fused-ring (bicyclic) bond motifs is 1. The van der Waals surface area contributed by atoms with Gasteiger partial charge in [-0.05, 0) is 48.4 Å². The zero-order chi connectivity index (χ0) is 24.6. The smallest absolute Gasteiger partial charge is 0.416 e. The number of carboxylic acids is 1. The van der Waals surface area contributed by atoms with Crippen molar-refractivity contribution >= 4 is 28.9 Å². The molecule has 11 heteroatoms. The van der Waals surface area contributed by atoms with Crippen molar-refractivity contribution in [2.24, 2.45) is 0 Å². The van der Waals surface area contributed by atoms with E-state index in [2.05, 4.69) is 0 Å². The summed E-state index contributed by atoms with van der Waals surface area (Å²) in [4.78, 5) is 23.5. The van der Waals surface area contributed by atoms with Crippen molar-refractivity contribution in [2.75, 3.05) is 0 Å². The number of carbonyl (C=O) groups is 2. The van der Waals surface area contributed by atoms with Crippen molar-refractivity contribution in [3.63, 3.8) is 0 Å². The molecule has 0 bridgehead atoms. The Hall–Kier alpha value is -3.76. The molecular weight excluding hydrogens is 456 g/mol. The van der Waals surface area contributed by atoms with Crippen LogP contribution in [0.15, 0.2) is 53.0 Å². The summed E-state index contributed by atoms with van der Waals surface area (Å²) in [7, 11) is 0. The molecule has 0 radical (unpaired) electrons. The van der Waals surface area contributed by atoms with Crippen molar-refractivity contribution < 1.29 is 45.5 Å².